The van der Waals surface area contributed by atoms with Crippen LogP contribution in [-0.2, 0) is 18.4 Å². The van der Waals surface area contributed by atoms with Gasteiger partial charge in [-0.25, -0.2) is 4.57 Å². The van der Waals surface area contributed by atoms with Crippen LogP contribution in [-0.4, -0.2) is 73.4 Å². The standard InChI is InChI=1S/C67H123N2O6P/c1-6-8-10-12-14-16-18-20-22-24-26-28-30-31-32-33-34-35-36-37-39-40-42-44-46-48-50-52-54-56-58-60-66(70)65(64-75-76(72,73)74-63-62-69(3,4)5)68-67(71)61-59-57-55-53-51-49-47-45-43-41-38-29-27-25-23-21-19-17-15-13-11-9-7-2/h9,11,15,17,21,23,27,29,42,44,50,52,58,60,65-66,70H,6-8,10,12-14,16,18-20,22,24-26,28,30-41,43,45-49,51,53-57,59,61-64H2,1-5H3,(H-,68,71,72,73)/p+1/b11-9-,17-15-,23-21-,29-27-,44-42+,52-50+,60-58+. The number of likely N-dealkylation sites (N-methyl/N-ethyl adjacent to an activating group) is 1. The van der Waals surface area contributed by atoms with Crippen molar-refractivity contribution in [3.63, 3.8) is 0 Å². The fourth-order valence-corrected chi connectivity index (χ4v) is 9.86. The minimum Gasteiger partial charge on any atom is -0.387 e. The van der Waals surface area contributed by atoms with Crippen molar-refractivity contribution >= 4 is 13.7 Å². The first kappa shape index (κ1) is 73.7. The molecule has 0 aliphatic rings. The lowest BCUT2D eigenvalue weighted by molar-refractivity contribution is -0.870. The zero-order chi connectivity index (χ0) is 55.6. The molecule has 3 N–H and O–H groups in total. The highest BCUT2D eigenvalue weighted by Crippen LogP contribution is 2.43. The molecule has 0 heterocycles. The zero-order valence-corrected chi connectivity index (χ0v) is 51.4. The molecule has 3 atom stereocenters. The van der Waals surface area contributed by atoms with Crippen LogP contribution in [0.1, 0.15) is 284 Å². The third kappa shape index (κ3) is 59.3. The highest BCUT2D eigenvalue weighted by molar-refractivity contribution is 7.47. The normalized spacial score (nSPS) is 14.4. The third-order valence-electron chi connectivity index (χ3n) is 14.1. The molecule has 0 radical (unpaired) electrons. The fraction of sp³-hybridized carbons (Fsp3) is 0.776. The summed E-state index contributed by atoms with van der Waals surface area (Å²) in [6.07, 6.45) is 81.5. The largest absolute Gasteiger partial charge is 0.472 e. The zero-order valence-electron chi connectivity index (χ0n) is 50.5. The first-order valence-electron chi connectivity index (χ1n) is 32.0. The van der Waals surface area contributed by atoms with Crippen LogP contribution in [0.5, 0.6) is 0 Å². The summed E-state index contributed by atoms with van der Waals surface area (Å²) in [5.74, 6) is -0.196. The molecular weight excluding hydrogens is 960 g/mol. The number of hydrogen-bond donors (Lipinski definition) is 3. The van der Waals surface area contributed by atoms with Crippen molar-refractivity contribution in [2.75, 3.05) is 40.9 Å². The Hall–Kier alpha value is -2.32. The summed E-state index contributed by atoms with van der Waals surface area (Å²) in [4.78, 5) is 23.3. The second kappa shape index (κ2) is 57.4. The number of unbranched alkanes of at least 4 members (excludes halogenated alkanes) is 33. The summed E-state index contributed by atoms with van der Waals surface area (Å²) in [6.45, 7) is 4.69. The Morgan fingerprint density at radius 1 is 0.461 bits per heavy atom. The van der Waals surface area contributed by atoms with Gasteiger partial charge in [-0.1, -0.05) is 279 Å². The van der Waals surface area contributed by atoms with Crippen LogP contribution < -0.4 is 5.32 Å². The van der Waals surface area contributed by atoms with E-state index in [2.05, 4.69) is 92.1 Å². The van der Waals surface area contributed by atoms with Gasteiger partial charge in [0.15, 0.2) is 0 Å². The number of allylic oxidation sites excluding steroid dienone is 13. The lowest BCUT2D eigenvalue weighted by Gasteiger charge is -2.25. The predicted octanol–water partition coefficient (Wildman–Crippen LogP) is 20.0. The predicted molar refractivity (Wildman–Crippen MR) is 332 cm³/mol. The van der Waals surface area contributed by atoms with Gasteiger partial charge < -0.3 is 19.8 Å². The topological polar surface area (TPSA) is 105 Å². The Morgan fingerprint density at radius 3 is 1.21 bits per heavy atom. The lowest BCUT2D eigenvalue weighted by atomic mass is 10.0. The van der Waals surface area contributed by atoms with Crippen molar-refractivity contribution in [1.82, 2.24) is 5.32 Å². The van der Waals surface area contributed by atoms with Crippen LogP contribution >= 0.6 is 7.82 Å². The van der Waals surface area contributed by atoms with Crippen LogP contribution in [0.3, 0.4) is 0 Å². The van der Waals surface area contributed by atoms with Crippen molar-refractivity contribution in [2.24, 2.45) is 0 Å². The van der Waals surface area contributed by atoms with Gasteiger partial charge in [0.1, 0.15) is 13.2 Å². The maximum absolute atomic E-state index is 13.0. The summed E-state index contributed by atoms with van der Waals surface area (Å²) >= 11 is 0. The van der Waals surface area contributed by atoms with E-state index in [-0.39, 0.29) is 19.1 Å². The van der Waals surface area contributed by atoms with Gasteiger partial charge in [0.2, 0.25) is 5.91 Å². The third-order valence-corrected chi connectivity index (χ3v) is 15.1. The van der Waals surface area contributed by atoms with E-state index in [1.807, 2.05) is 27.2 Å². The molecule has 0 aliphatic carbocycles. The minimum absolute atomic E-state index is 0.0491. The molecule has 3 unspecified atom stereocenters. The molecule has 9 heteroatoms. The number of hydrogen-bond acceptors (Lipinski definition) is 5. The Labute approximate surface area is 471 Å². The molecule has 0 aromatic carbocycles. The van der Waals surface area contributed by atoms with Gasteiger partial charge in [-0.3, -0.25) is 13.8 Å². The Balaban J connectivity index is 4.21. The van der Waals surface area contributed by atoms with Crippen molar-refractivity contribution in [3.05, 3.63) is 85.1 Å². The molecule has 0 fully saturated rings. The van der Waals surface area contributed by atoms with Gasteiger partial charge in [0, 0.05) is 6.42 Å². The van der Waals surface area contributed by atoms with E-state index in [0.717, 1.165) is 70.6 Å². The number of aliphatic hydroxyl groups is 1. The maximum atomic E-state index is 13.0. The quantitative estimate of drug-likeness (QED) is 0.0243. The number of rotatable bonds is 58. The first-order valence-corrected chi connectivity index (χ1v) is 33.5. The molecule has 0 bridgehead atoms. The number of phosphoric acid groups is 1. The van der Waals surface area contributed by atoms with E-state index in [4.69, 9.17) is 9.05 Å². The van der Waals surface area contributed by atoms with Crippen LogP contribution in [0.2, 0.25) is 0 Å². The van der Waals surface area contributed by atoms with E-state index in [1.54, 1.807) is 6.08 Å². The smallest absolute Gasteiger partial charge is 0.387 e. The monoisotopic (exact) mass is 1080 g/mol. The molecule has 0 saturated heterocycles. The molecule has 0 saturated carbocycles. The van der Waals surface area contributed by atoms with E-state index in [9.17, 15) is 19.4 Å². The van der Waals surface area contributed by atoms with Gasteiger partial charge in [0.25, 0.3) is 0 Å². The van der Waals surface area contributed by atoms with E-state index in [1.165, 1.54) is 193 Å². The molecule has 0 aromatic heterocycles. The number of nitrogens with one attached hydrogen (secondary N) is 1. The summed E-state index contributed by atoms with van der Waals surface area (Å²) < 4.78 is 23.7. The number of carbonyl (C=O) groups is 1. The number of quaternary nitrogens is 1. The number of carbonyl (C=O) groups excluding carboxylic acids is 1. The molecule has 0 rings (SSSR count). The lowest BCUT2D eigenvalue weighted by Crippen LogP contribution is -2.45. The highest BCUT2D eigenvalue weighted by Gasteiger charge is 2.27. The number of aliphatic hydroxyl groups excluding tert-OH is 1. The van der Waals surface area contributed by atoms with Gasteiger partial charge in [-0.2, -0.15) is 0 Å². The second-order valence-corrected chi connectivity index (χ2v) is 24.2. The summed E-state index contributed by atoms with van der Waals surface area (Å²) in [5.41, 5.74) is 0. The summed E-state index contributed by atoms with van der Waals surface area (Å²) in [7, 11) is 1.54. The summed E-state index contributed by atoms with van der Waals surface area (Å²) in [5, 5.41) is 13.9. The molecule has 1 amide bonds. The van der Waals surface area contributed by atoms with E-state index >= 15 is 0 Å². The number of phosphoric ester groups is 1. The Morgan fingerprint density at radius 2 is 0.803 bits per heavy atom. The van der Waals surface area contributed by atoms with Gasteiger partial charge in [0.05, 0.1) is 39.9 Å². The van der Waals surface area contributed by atoms with Crippen molar-refractivity contribution in [1.29, 1.82) is 0 Å². The molecule has 0 aromatic rings. The number of nitrogens with zero attached hydrogens (tertiary/aromatic N) is 1. The average molecular weight is 1080 g/mol. The first-order chi connectivity index (χ1) is 37.0. The average Bonchev–Trinajstić information content (AvgIpc) is 3.38. The molecule has 0 aliphatic heterocycles. The molecule has 76 heavy (non-hydrogen) atoms. The second-order valence-electron chi connectivity index (χ2n) is 22.7. The molecule has 442 valence electrons. The minimum atomic E-state index is -4.37. The van der Waals surface area contributed by atoms with Crippen LogP contribution in [0.4, 0.5) is 0 Å². The fourth-order valence-electron chi connectivity index (χ4n) is 9.13. The van der Waals surface area contributed by atoms with Gasteiger partial charge >= 0.3 is 7.82 Å². The number of amides is 1. The van der Waals surface area contributed by atoms with E-state index < -0.39 is 20.0 Å². The van der Waals surface area contributed by atoms with Gasteiger partial charge in [-0.15, -0.1) is 0 Å². The molecular formula is C67H124N2O6P+. The van der Waals surface area contributed by atoms with Crippen LogP contribution in [0, 0.1) is 0 Å². The highest BCUT2D eigenvalue weighted by atomic mass is 31.2. The van der Waals surface area contributed by atoms with Crippen LogP contribution in [0.25, 0.3) is 0 Å². The van der Waals surface area contributed by atoms with Crippen molar-refractivity contribution in [2.45, 2.75) is 296 Å². The molecule has 8 nitrogen and oxygen atoms in total. The van der Waals surface area contributed by atoms with Crippen molar-refractivity contribution in [3.8, 4) is 0 Å². The van der Waals surface area contributed by atoms with E-state index in [0.29, 0.717) is 17.4 Å². The SMILES string of the molecule is CC/C=C\C/C=C\C/C=C\C/C=C\CCCCCCCCCCCCC(=O)NC(COP(=O)(O)OCC[N+](C)(C)C)C(O)/C=C/CC/C=C/CC/C=C/CCCCCCCCCCCCCCCCCCCCCCC. The Bertz CT molecular complexity index is 1510. The van der Waals surface area contributed by atoms with Crippen molar-refractivity contribution < 1.29 is 32.9 Å². The van der Waals surface area contributed by atoms with Gasteiger partial charge in [-0.05, 0) is 83.5 Å². The Kier molecular flexibility index (Phi) is 55.6. The molecule has 0 spiro atoms. The van der Waals surface area contributed by atoms with Crippen LogP contribution in [0.15, 0.2) is 85.1 Å². The maximum Gasteiger partial charge on any atom is 0.472 e. The summed E-state index contributed by atoms with van der Waals surface area (Å²) in [6, 6.07) is -0.879.